The molecule has 0 unspecified atom stereocenters. The van der Waals surface area contributed by atoms with Crippen LogP contribution in [0.4, 0.5) is 0 Å². The Kier molecular flexibility index (Phi) is 2.46. The lowest BCUT2D eigenvalue weighted by Gasteiger charge is -2.23. The predicted octanol–water partition coefficient (Wildman–Crippen LogP) is -0.471. The van der Waals surface area contributed by atoms with Gasteiger partial charge in [0.2, 0.25) is 5.91 Å². The molecule has 0 atom stereocenters. The van der Waals surface area contributed by atoms with Crippen LogP contribution < -0.4 is 11.3 Å². The van der Waals surface area contributed by atoms with Crippen LogP contribution in [0.2, 0.25) is 0 Å². The fraction of sp³-hybridized carbons (Fsp3) is 0.857. The molecule has 4 N–H and O–H groups in total. The second-order valence-electron chi connectivity index (χ2n) is 3.12. The van der Waals surface area contributed by atoms with E-state index in [0.717, 1.165) is 25.7 Å². The number of rotatable bonds is 2. The first kappa shape index (κ1) is 8.49. The third-order valence-corrected chi connectivity index (χ3v) is 2.48. The summed E-state index contributed by atoms with van der Waals surface area (Å²) in [6.45, 7) is -0.0873. The number of nitrogens with two attached hydrogens (primary N) is 1. The molecule has 0 heterocycles. The molecule has 64 valence electrons. The van der Waals surface area contributed by atoms with Crippen molar-refractivity contribution in [3.63, 3.8) is 0 Å². The molecular formula is C7H14N2O2. The third-order valence-electron chi connectivity index (χ3n) is 2.48. The second kappa shape index (κ2) is 3.19. The summed E-state index contributed by atoms with van der Waals surface area (Å²) in [5.74, 6) is 4.78. The number of aliphatic hydroxyl groups excluding tert-OH is 1. The van der Waals surface area contributed by atoms with Gasteiger partial charge >= 0.3 is 0 Å². The fourth-order valence-electron chi connectivity index (χ4n) is 1.66. The zero-order chi connectivity index (χ0) is 8.32. The van der Waals surface area contributed by atoms with Gasteiger partial charge in [0.05, 0.1) is 12.0 Å². The van der Waals surface area contributed by atoms with Gasteiger partial charge in [0.15, 0.2) is 0 Å². The number of hydrogen-bond acceptors (Lipinski definition) is 3. The van der Waals surface area contributed by atoms with E-state index in [2.05, 4.69) is 5.43 Å². The number of hydrazine groups is 1. The summed E-state index contributed by atoms with van der Waals surface area (Å²) in [4.78, 5) is 11.2. The van der Waals surface area contributed by atoms with Gasteiger partial charge in [-0.25, -0.2) is 5.84 Å². The minimum atomic E-state index is -0.575. The lowest BCUT2D eigenvalue weighted by molar-refractivity contribution is -0.133. The number of nitrogens with one attached hydrogen (secondary N) is 1. The Balaban J connectivity index is 2.66. The highest BCUT2D eigenvalue weighted by Gasteiger charge is 2.39. The van der Waals surface area contributed by atoms with Crippen molar-refractivity contribution in [3.8, 4) is 0 Å². The van der Waals surface area contributed by atoms with Gasteiger partial charge in [-0.3, -0.25) is 10.2 Å². The molecule has 1 rings (SSSR count). The molecule has 4 heteroatoms. The normalized spacial score (nSPS) is 21.6. The molecule has 1 fully saturated rings. The Morgan fingerprint density at radius 1 is 1.55 bits per heavy atom. The minimum Gasteiger partial charge on any atom is -0.395 e. The summed E-state index contributed by atoms with van der Waals surface area (Å²) < 4.78 is 0. The van der Waals surface area contributed by atoms with Crippen molar-refractivity contribution in [2.75, 3.05) is 6.61 Å². The highest BCUT2D eigenvalue weighted by Crippen LogP contribution is 2.37. The fourth-order valence-corrected chi connectivity index (χ4v) is 1.66. The molecule has 0 aromatic heterocycles. The Labute approximate surface area is 65.7 Å². The van der Waals surface area contributed by atoms with Gasteiger partial charge in [0.25, 0.3) is 0 Å². The van der Waals surface area contributed by atoms with Gasteiger partial charge in [-0.2, -0.15) is 0 Å². The van der Waals surface area contributed by atoms with E-state index in [0.29, 0.717) is 0 Å². The zero-order valence-corrected chi connectivity index (χ0v) is 6.47. The van der Waals surface area contributed by atoms with Crippen molar-refractivity contribution in [2.24, 2.45) is 11.3 Å². The molecule has 1 aliphatic rings. The summed E-state index contributed by atoms with van der Waals surface area (Å²) in [7, 11) is 0. The SMILES string of the molecule is NNC(=O)C1(CO)CCCC1. The first-order valence-corrected chi connectivity index (χ1v) is 3.87. The van der Waals surface area contributed by atoms with E-state index in [1.54, 1.807) is 0 Å². The van der Waals surface area contributed by atoms with Crippen LogP contribution in [-0.2, 0) is 4.79 Å². The quantitative estimate of drug-likeness (QED) is 0.289. The molecule has 11 heavy (non-hydrogen) atoms. The van der Waals surface area contributed by atoms with Gasteiger partial charge in [-0.05, 0) is 12.8 Å². The lowest BCUT2D eigenvalue weighted by Crippen LogP contribution is -2.44. The molecule has 0 bridgehead atoms. The van der Waals surface area contributed by atoms with E-state index in [4.69, 9.17) is 10.9 Å². The van der Waals surface area contributed by atoms with Crippen LogP contribution in [0.5, 0.6) is 0 Å². The average molecular weight is 158 g/mol. The van der Waals surface area contributed by atoms with Gasteiger partial charge in [-0.15, -0.1) is 0 Å². The van der Waals surface area contributed by atoms with E-state index in [-0.39, 0.29) is 12.5 Å². The number of hydrogen-bond donors (Lipinski definition) is 3. The van der Waals surface area contributed by atoms with Crippen molar-refractivity contribution in [2.45, 2.75) is 25.7 Å². The summed E-state index contributed by atoms with van der Waals surface area (Å²) in [6, 6.07) is 0. The summed E-state index contributed by atoms with van der Waals surface area (Å²) in [5, 5.41) is 9.00. The monoisotopic (exact) mass is 158 g/mol. The largest absolute Gasteiger partial charge is 0.395 e. The molecule has 0 spiro atoms. The maximum absolute atomic E-state index is 11.2. The molecule has 1 aliphatic carbocycles. The van der Waals surface area contributed by atoms with Crippen LogP contribution in [-0.4, -0.2) is 17.6 Å². The molecule has 0 aromatic carbocycles. The van der Waals surface area contributed by atoms with E-state index < -0.39 is 5.41 Å². The van der Waals surface area contributed by atoms with Crippen molar-refractivity contribution < 1.29 is 9.90 Å². The molecular weight excluding hydrogens is 144 g/mol. The summed E-state index contributed by atoms with van der Waals surface area (Å²) in [5.41, 5.74) is 1.53. The lowest BCUT2D eigenvalue weighted by atomic mass is 9.86. The second-order valence-corrected chi connectivity index (χ2v) is 3.12. The highest BCUT2D eigenvalue weighted by atomic mass is 16.3. The third kappa shape index (κ3) is 1.36. The van der Waals surface area contributed by atoms with Gasteiger partial charge in [0.1, 0.15) is 0 Å². The molecule has 0 aliphatic heterocycles. The van der Waals surface area contributed by atoms with Crippen LogP contribution in [0.3, 0.4) is 0 Å². The minimum absolute atomic E-state index is 0.0873. The highest BCUT2D eigenvalue weighted by molar-refractivity contribution is 5.82. The smallest absolute Gasteiger partial charge is 0.242 e. The maximum Gasteiger partial charge on any atom is 0.242 e. The van der Waals surface area contributed by atoms with Crippen LogP contribution in [0.25, 0.3) is 0 Å². The first-order chi connectivity index (χ1) is 5.25. The maximum atomic E-state index is 11.2. The van der Waals surface area contributed by atoms with Crippen molar-refractivity contribution in [3.05, 3.63) is 0 Å². The molecule has 0 saturated heterocycles. The van der Waals surface area contributed by atoms with E-state index in [1.165, 1.54) is 0 Å². The van der Waals surface area contributed by atoms with Crippen LogP contribution >= 0.6 is 0 Å². The Morgan fingerprint density at radius 3 is 2.45 bits per heavy atom. The number of amides is 1. The average Bonchev–Trinajstić information content (AvgIpc) is 2.52. The van der Waals surface area contributed by atoms with Crippen molar-refractivity contribution in [1.29, 1.82) is 0 Å². The predicted molar refractivity (Wildman–Crippen MR) is 40.3 cm³/mol. The molecule has 1 amide bonds. The van der Waals surface area contributed by atoms with E-state index in [9.17, 15) is 4.79 Å². The summed E-state index contributed by atoms with van der Waals surface area (Å²) >= 11 is 0. The molecule has 0 radical (unpaired) electrons. The zero-order valence-electron chi connectivity index (χ0n) is 6.47. The molecule has 0 aromatic rings. The topological polar surface area (TPSA) is 75.3 Å². The number of carbonyl (C=O) groups is 1. The van der Waals surface area contributed by atoms with Crippen molar-refractivity contribution in [1.82, 2.24) is 5.43 Å². The number of carbonyl (C=O) groups excluding carboxylic acids is 1. The van der Waals surface area contributed by atoms with Crippen LogP contribution in [0.15, 0.2) is 0 Å². The molecule has 1 saturated carbocycles. The van der Waals surface area contributed by atoms with Gasteiger partial charge in [-0.1, -0.05) is 12.8 Å². The van der Waals surface area contributed by atoms with Crippen LogP contribution in [0.1, 0.15) is 25.7 Å². The first-order valence-electron chi connectivity index (χ1n) is 3.87. The van der Waals surface area contributed by atoms with Gasteiger partial charge < -0.3 is 5.11 Å². The Morgan fingerprint density at radius 2 is 2.09 bits per heavy atom. The Bertz CT molecular complexity index is 153. The molecule has 4 nitrogen and oxygen atoms in total. The summed E-state index contributed by atoms with van der Waals surface area (Å²) in [6.07, 6.45) is 3.53. The van der Waals surface area contributed by atoms with Gasteiger partial charge in [0, 0.05) is 0 Å². The van der Waals surface area contributed by atoms with E-state index >= 15 is 0 Å². The van der Waals surface area contributed by atoms with E-state index in [1.807, 2.05) is 0 Å². The van der Waals surface area contributed by atoms with Crippen molar-refractivity contribution >= 4 is 5.91 Å². The number of aliphatic hydroxyl groups is 1. The van der Waals surface area contributed by atoms with Crippen LogP contribution in [0, 0.1) is 5.41 Å². The Hall–Kier alpha value is -0.610. The standard InChI is InChI=1S/C7H14N2O2/c8-9-6(11)7(5-10)3-1-2-4-7/h10H,1-5,8H2,(H,9,11).